The molecule has 4 rings (SSSR count). The molecular weight excluding hydrogens is 418 g/mol. The zero-order valence-corrected chi connectivity index (χ0v) is 19.2. The molecule has 0 saturated carbocycles. The van der Waals surface area contributed by atoms with E-state index in [1.165, 1.54) is 0 Å². The van der Waals surface area contributed by atoms with E-state index in [1.807, 2.05) is 52.0 Å². The van der Waals surface area contributed by atoms with Crippen LogP contribution in [0.3, 0.4) is 0 Å². The van der Waals surface area contributed by atoms with Crippen LogP contribution in [0.25, 0.3) is 5.00 Å². The predicted molar refractivity (Wildman–Crippen MR) is 121 cm³/mol. The lowest BCUT2D eigenvalue weighted by atomic mass is 9.95. The summed E-state index contributed by atoms with van der Waals surface area (Å²) in [6.45, 7) is 10.1. The third-order valence-corrected chi connectivity index (χ3v) is 6.42. The van der Waals surface area contributed by atoms with Gasteiger partial charge in [-0.1, -0.05) is 44.5 Å². The Kier molecular flexibility index (Phi) is 5.28. The van der Waals surface area contributed by atoms with Crippen molar-refractivity contribution in [3.8, 4) is 5.00 Å². The number of rotatable bonds is 3. The van der Waals surface area contributed by atoms with Gasteiger partial charge in [0.15, 0.2) is 5.82 Å². The van der Waals surface area contributed by atoms with Gasteiger partial charge in [0.1, 0.15) is 16.9 Å². The summed E-state index contributed by atoms with van der Waals surface area (Å²) in [5.41, 5.74) is 3.58. The minimum absolute atomic E-state index is 0.0243. The molecule has 0 spiro atoms. The van der Waals surface area contributed by atoms with E-state index in [0.29, 0.717) is 11.6 Å². The number of amides is 1. The van der Waals surface area contributed by atoms with E-state index in [4.69, 9.17) is 16.6 Å². The topological polar surface area (TPSA) is 72.2 Å². The van der Waals surface area contributed by atoms with Gasteiger partial charge >= 0.3 is 0 Å². The van der Waals surface area contributed by atoms with E-state index in [0.717, 1.165) is 39.1 Å². The number of thiophene rings is 1. The van der Waals surface area contributed by atoms with Gasteiger partial charge in [-0.3, -0.25) is 14.4 Å². The summed E-state index contributed by atoms with van der Waals surface area (Å²) in [4.78, 5) is 17.6. The van der Waals surface area contributed by atoms with Crippen molar-refractivity contribution in [1.29, 1.82) is 0 Å². The van der Waals surface area contributed by atoms with Crippen LogP contribution < -0.4 is 5.32 Å². The molecule has 6 nitrogen and oxygen atoms in total. The standard InChI is InChI=1S/C22H24ClN5OS/c1-12-11-30-20-17(12)18(14-6-8-15(23)9-7-14)25-16(10-24-21(29)22(3,4)5)19-27-26-13(2)28(19)20/h6-9,11,16H,10H2,1-5H3,(H,24,29)/t16-/m1/s1. The molecule has 0 bridgehead atoms. The number of carbonyl (C=O) groups excluding carboxylic acids is 1. The Bertz CT molecular complexity index is 1140. The number of carbonyl (C=O) groups is 1. The fraction of sp³-hybridized carbons (Fsp3) is 0.364. The smallest absolute Gasteiger partial charge is 0.225 e. The lowest BCUT2D eigenvalue weighted by Crippen LogP contribution is -2.37. The van der Waals surface area contributed by atoms with Crippen molar-refractivity contribution in [2.24, 2.45) is 10.4 Å². The first-order valence-electron chi connectivity index (χ1n) is 9.79. The van der Waals surface area contributed by atoms with E-state index in [1.54, 1.807) is 11.3 Å². The molecule has 1 N–H and O–H groups in total. The van der Waals surface area contributed by atoms with Crippen molar-refractivity contribution < 1.29 is 4.79 Å². The number of hydrogen-bond acceptors (Lipinski definition) is 5. The van der Waals surface area contributed by atoms with Crippen LogP contribution in [0.4, 0.5) is 0 Å². The van der Waals surface area contributed by atoms with Gasteiger partial charge in [-0.15, -0.1) is 21.5 Å². The minimum Gasteiger partial charge on any atom is -0.353 e. The molecule has 0 aliphatic carbocycles. The Balaban J connectivity index is 1.86. The van der Waals surface area contributed by atoms with Crippen LogP contribution in [0.15, 0.2) is 34.6 Å². The summed E-state index contributed by atoms with van der Waals surface area (Å²) >= 11 is 7.77. The second-order valence-electron chi connectivity index (χ2n) is 8.50. The molecule has 0 fully saturated rings. The number of nitrogens with zero attached hydrogens (tertiary/aromatic N) is 4. The number of benzene rings is 1. The Morgan fingerprint density at radius 1 is 1.20 bits per heavy atom. The Morgan fingerprint density at radius 3 is 2.57 bits per heavy atom. The highest BCUT2D eigenvalue weighted by atomic mass is 35.5. The quantitative estimate of drug-likeness (QED) is 0.642. The average molecular weight is 442 g/mol. The second kappa shape index (κ2) is 7.63. The first-order chi connectivity index (χ1) is 14.2. The van der Waals surface area contributed by atoms with Crippen molar-refractivity contribution in [2.75, 3.05) is 6.54 Å². The summed E-state index contributed by atoms with van der Waals surface area (Å²) in [6, 6.07) is 7.33. The van der Waals surface area contributed by atoms with Crippen molar-refractivity contribution in [1.82, 2.24) is 20.1 Å². The summed E-state index contributed by atoms with van der Waals surface area (Å²) in [6.07, 6.45) is 0. The van der Waals surface area contributed by atoms with E-state index in [2.05, 4.69) is 32.4 Å². The molecule has 1 atom stereocenters. The lowest BCUT2D eigenvalue weighted by Gasteiger charge is -2.20. The molecule has 8 heteroatoms. The van der Waals surface area contributed by atoms with Crippen LogP contribution in [-0.2, 0) is 4.79 Å². The third kappa shape index (κ3) is 3.68. The van der Waals surface area contributed by atoms with Gasteiger partial charge in [0, 0.05) is 28.1 Å². The van der Waals surface area contributed by atoms with Gasteiger partial charge in [-0.25, -0.2) is 0 Å². The van der Waals surface area contributed by atoms with Gasteiger partial charge in [0.05, 0.1) is 5.71 Å². The number of fused-ring (bicyclic) bond motifs is 3. The van der Waals surface area contributed by atoms with Gasteiger partial charge in [0.25, 0.3) is 0 Å². The van der Waals surface area contributed by atoms with Crippen molar-refractivity contribution in [2.45, 2.75) is 40.7 Å². The highest BCUT2D eigenvalue weighted by Crippen LogP contribution is 2.36. The van der Waals surface area contributed by atoms with E-state index in [-0.39, 0.29) is 11.9 Å². The summed E-state index contributed by atoms with van der Waals surface area (Å²) in [7, 11) is 0. The molecule has 30 heavy (non-hydrogen) atoms. The van der Waals surface area contributed by atoms with E-state index in [9.17, 15) is 4.79 Å². The summed E-state index contributed by atoms with van der Waals surface area (Å²) < 4.78 is 2.06. The molecule has 1 aromatic carbocycles. The molecule has 3 aromatic rings. The SMILES string of the molecule is Cc1csc2c1C(c1ccc(Cl)cc1)=N[C@H](CNC(=O)C(C)(C)C)c1nnc(C)n1-2. The second-order valence-corrected chi connectivity index (χ2v) is 9.79. The average Bonchev–Trinajstić information content (AvgIpc) is 3.20. The summed E-state index contributed by atoms with van der Waals surface area (Å²) in [5.74, 6) is 1.50. The highest BCUT2D eigenvalue weighted by molar-refractivity contribution is 7.13. The monoisotopic (exact) mass is 441 g/mol. The maximum absolute atomic E-state index is 12.5. The van der Waals surface area contributed by atoms with Crippen LogP contribution in [0.1, 0.15) is 55.2 Å². The largest absolute Gasteiger partial charge is 0.353 e. The van der Waals surface area contributed by atoms with E-state index >= 15 is 0 Å². The normalized spacial score (nSPS) is 15.8. The van der Waals surface area contributed by atoms with Crippen molar-refractivity contribution in [3.05, 3.63) is 63.0 Å². The Hall–Kier alpha value is -2.51. The van der Waals surface area contributed by atoms with Crippen LogP contribution in [0.5, 0.6) is 0 Å². The third-order valence-electron chi connectivity index (χ3n) is 5.08. The lowest BCUT2D eigenvalue weighted by molar-refractivity contribution is -0.128. The van der Waals surface area contributed by atoms with Crippen molar-refractivity contribution in [3.63, 3.8) is 0 Å². The first kappa shape index (κ1) is 20.8. The van der Waals surface area contributed by atoms with Gasteiger partial charge in [0.2, 0.25) is 5.91 Å². The number of aromatic nitrogens is 3. The van der Waals surface area contributed by atoms with Crippen LogP contribution in [0.2, 0.25) is 5.02 Å². The molecule has 1 aliphatic heterocycles. The van der Waals surface area contributed by atoms with Gasteiger partial charge in [-0.05, 0) is 36.9 Å². The maximum atomic E-state index is 12.5. The molecule has 0 saturated heterocycles. The first-order valence-corrected chi connectivity index (χ1v) is 11.1. The highest BCUT2D eigenvalue weighted by Gasteiger charge is 2.31. The maximum Gasteiger partial charge on any atom is 0.225 e. The summed E-state index contributed by atoms with van der Waals surface area (Å²) in [5, 5.41) is 15.6. The minimum atomic E-state index is -0.480. The molecular formula is C22H24ClN5OS. The number of hydrogen-bond donors (Lipinski definition) is 1. The number of aryl methyl sites for hydroxylation is 2. The van der Waals surface area contributed by atoms with Gasteiger partial charge < -0.3 is 5.32 Å². The molecule has 156 valence electrons. The molecule has 3 heterocycles. The van der Waals surface area contributed by atoms with Crippen LogP contribution >= 0.6 is 22.9 Å². The molecule has 2 aromatic heterocycles. The fourth-order valence-corrected chi connectivity index (χ4v) is 4.66. The Morgan fingerprint density at radius 2 is 1.90 bits per heavy atom. The van der Waals surface area contributed by atoms with Crippen LogP contribution in [0, 0.1) is 19.3 Å². The van der Waals surface area contributed by atoms with Crippen LogP contribution in [-0.4, -0.2) is 32.9 Å². The molecule has 0 radical (unpaired) electrons. The zero-order valence-electron chi connectivity index (χ0n) is 17.7. The molecule has 1 aliphatic rings. The van der Waals surface area contributed by atoms with E-state index < -0.39 is 5.41 Å². The molecule has 0 unspecified atom stereocenters. The number of halogens is 1. The Labute approximate surface area is 185 Å². The number of aliphatic imine (C=N–C) groups is 1. The fourth-order valence-electron chi connectivity index (χ4n) is 3.42. The molecule has 1 amide bonds. The predicted octanol–water partition coefficient (Wildman–Crippen LogP) is 4.65. The number of nitrogens with one attached hydrogen (secondary N) is 1. The zero-order chi connectivity index (χ0) is 21.6. The van der Waals surface area contributed by atoms with Crippen molar-refractivity contribution >= 4 is 34.6 Å². The van der Waals surface area contributed by atoms with Gasteiger partial charge in [-0.2, -0.15) is 0 Å².